The van der Waals surface area contributed by atoms with Crippen molar-refractivity contribution in [2.45, 2.75) is 45.7 Å². The first-order chi connectivity index (χ1) is 16.0. The van der Waals surface area contributed by atoms with Gasteiger partial charge < -0.3 is 15.1 Å². The van der Waals surface area contributed by atoms with Gasteiger partial charge in [0.1, 0.15) is 6.04 Å². The number of carbonyl (C=O) groups is 2. The van der Waals surface area contributed by atoms with E-state index in [2.05, 4.69) is 20.6 Å². The molecule has 3 aromatic rings. The molecular formula is C24H29N5O4. The number of aliphatic carboxylic acids is 1. The van der Waals surface area contributed by atoms with E-state index in [9.17, 15) is 19.8 Å². The van der Waals surface area contributed by atoms with Crippen molar-refractivity contribution in [3.8, 4) is 22.5 Å². The highest BCUT2D eigenvalue weighted by Crippen LogP contribution is 2.30. The maximum Gasteiger partial charge on any atom is 0.326 e. The summed E-state index contributed by atoms with van der Waals surface area (Å²) in [5.41, 5.74) is 3.50. The number of carbonyl (C=O) groups excluding carboxylic acids is 1. The lowest BCUT2D eigenvalue weighted by molar-refractivity contribution is -0.154. The van der Waals surface area contributed by atoms with Crippen molar-refractivity contribution in [1.82, 2.24) is 25.5 Å². The van der Waals surface area contributed by atoms with Crippen LogP contribution in [0.25, 0.3) is 22.5 Å². The van der Waals surface area contributed by atoms with Gasteiger partial charge in [-0.15, -0.1) is 10.2 Å². The van der Waals surface area contributed by atoms with Gasteiger partial charge in [-0.3, -0.25) is 4.79 Å². The van der Waals surface area contributed by atoms with Crippen molar-refractivity contribution in [3.05, 3.63) is 54.1 Å². The third kappa shape index (κ3) is 5.81. The van der Waals surface area contributed by atoms with E-state index in [0.717, 1.165) is 28.7 Å². The number of unbranched alkanes of at least 4 members (excludes halogenated alkanes) is 1. The summed E-state index contributed by atoms with van der Waals surface area (Å²) in [6.45, 7) is 3.45. The minimum atomic E-state index is -1.12. The number of tetrazole rings is 1. The van der Waals surface area contributed by atoms with Gasteiger partial charge in [0.05, 0.1) is 0 Å². The van der Waals surface area contributed by atoms with Crippen LogP contribution in [-0.2, 0) is 16.1 Å². The number of H-pyrrole nitrogens is 1. The Morgan fingerprint density at radius 2 is 1.79 bits per heavy atom. The molecule has 0 aliphatic carbocycles. The minimum Gasteiger partial charge on any atom is -0.480 e. The molecule has 1 aromatic heterocycles. The lowest BCUT2D eigenvalue weighted by Crippen LogP contribution is -2.49. The number of rotatable bonds is 11. The minimum absolute atomic E-state index is 0.149. The van der Waals surface area contributed by atoms with Crippen molar-refractivity contribution >= 4 is 11.9 Å². The predicted molar refractivity (Wildman–Crippen MR) is 123 cm³/mol. The Kier molecular flexibility index (Phi) is 8.26. The molecule has 0 aliphatic rings. The summed E-state index contributed by atoms with van der Waals surface area (Å²) in [5, 5.41) is 33.6. The number of aliphatic hydroxyl groups is 1. The molecule has 2 aromatic carbocycles. The molecule has 9 nitrogen and oxygen atoms in total. The summed E-state index contributed by atoms with van der Waals surface area (Å²) in [6, 6.07) is 14.2. The highest BCUT2D eigenvalue weighted by Gasteiger charge is 2.33. The molecule has 33 heavy (non-hydrogen) atoms. The lowest BCUT2D eigenvalue weighted by atomic mass is 9.97. The molecule has 0 fully saturated rings. The van der Waals surface area contributed by atoms with Crippen molar-refractivity contribution in [2.24, 2.45) is 5.92 Å². The molecule has 0 bridgehead atoms. The first-order valence-corrected chi connectivity index (χ1v) is 11.0. The number of aromatic amines is 1. The van der Waals surface area contributed by atoms with Crippen LogP contribution < -0.4 is 0 Å². The molecule has 2 atom stereocenters. The Hall–Kier alpha value is -3.59. The van der Waals surface area contributed by atoms with Crippen LogP contribution in [0.1, 0.15) is 38.7 Å². The second kappa shape index (κ2) is 11.3. The van der Waals surface area contributed by atoms with E-state index in [-0.39, 0.29) is 25.5 Å². The summed E-state index contributed by atoms with van der Waals surface area (Å²) < 4.78 is 0. The fourth-order valence-corrected chi connectivity index (χ4v) is 3.79. The van der Waals surface area contributed by atoms with Crippen LogP contribution in [0.4, 0.5) is 0 Å². The Balaban J connectivity index is 1.88. The zero-order valence-corrected chi connectivity index (χ0v) is 18.8. The summed E-state index contributed by atoms with van der Waals surface area (Å²) in [5.74, 6) is -1.44. The number of benzene rings is 2. The van der Waals surface area contributed by atoms with E-state index < -0.39 is 17.9 Å². The van der Waals surface area contributed by atoms with Crippen LogP contribution in [0, 0.1) is 5.92 Å². The number of aliphatic hydroxyl groups excluding tert-OH is 1. The summed E-state index contributed by atoms with van der Waals surface area (Å²) in [7, 11) is 0. The fraction of sp³-hybridized carbons (Fsp3) is 0.375. The molecule has 0 spiro atoms. The van der Waals surface area contributed by atoms with Gasteiger partial charge in [0, 0.05) is 31.1 Å². The van der Waals surface area contributed by atoms with Gasteiger partial charge in [0.15, 0.2) is 0 Å². The highest BCUT2D eigenvalue weighted by molar-refractivity contribution is 5.84. The molecule has 1 amide bonds. The van der Waals surface area contributed by atoms with Crippen LogP contribution in [0.15, 0.2) is 48.5 Å². The van der Waals surface area contributed by atoms with E-state index in [0.29, 0.717) is 12.2 Å². The Bertz CT molecular complexity index is 1050. The number of carboxylic acids is 1. The van der Waals surface area contributed by atoms with Crippen molar-refractivity contribution < 1.29 is 19.8 Å². The number of hydrogen-bond donors (Lipinski definition) is 3. The van der Waals surface area contributed by atoms with Gasteiger partial charge in [-0.2, -0.15) is 5.21 Å². The molecule has 9 heteroatoms. The van der Waals surface area contributed by atoms with Crippen molar-refractivity contribution in [2.75, 3.05) is 6.61 Å². The average molecular weight is 452 g/mol. The molecule has 0 saturated carbocycles. The number of carboxylic acid groups (broad SMARTS) is 1. The van der Waals surface area contributed by atoms with E-state index in [1.54, 1.807) is 6.92 Å². The van der Waals surface area contributed by atoms with E-state index in [1.807, 2.05) is 55.5 Å². The van der Waals surface area contributed by atoms with Gasteiger partial charge in [0.25, 0.3) is 0 Å². The Morgan fingerprint density at radius 1 is 1.09 bits per heavy atom. The molecule has 0 saturated heterocycles. The highest BCUT2D eigenvalue weighted by atomic mass is 16.4. The topological polar surface area (TPSA) is 132 Å². The SMILES string of the molecule is CCCCC(=O)N(Cc1ccc(-c2ccccc2-c2nn[nH]n2)cc1)[C@H](C(=O)O)[C@H](C)CO. The molecule has 0 aliphatic heterocycles. The van der Waals surface area contributed by atoms with Crippen molar-refractivity contribution in [1.29, 1.82) is 0 Å². The van der Waals surface area contributed by atoms with Crippen molar-refractivity contribution in [3.63, 3.8) is 0 Å². The van der Waals surface area contributed by atoms with Crippen LogP contribution in [0.2, 0.25) is 0 Å². The molecule has 3 rings (SSSR count). The number of hydrogen-bond acceptors (Lipinski definition) is 6. The molecule has 0 radical (unpaired) electrons. The van der Waals surface area contributed by atoms with Crippen LogP contribution in [-0.4, -0.2) is 60.3 Å². The van der Waals surface area contributed by atoms with Crippen LogP contribution >= 0.6 is 0 Å². The smallest absolute Gasteiger partial charge is 0.326 e. The fourth-order valence-electron chi connectivity index (χ4n) is 3.79. The maximum atomic E-state index is 12.9. The number of amides is 1. The van der Waals surface area contributed by atoms with Crippen LogP contribution in [0.5, 0.6) is 0 Å². The maximum absolute atomic E-state index is 12.9. The number of aromatic nitrogens is 4. The van der Waals surface area contributed by atoms with Gasteiger partial charge in [0.2, 0.25) is 11.7 Å². The Morgan fingerprint density at radius 3 is 2.36 bits per heavy atom. The lowest BCUT2D eigenvalue weighted by Gasteiger charge is -2.32. The van der Waals surface area contributed by atoms with Gasteiger partial charge in [-0.1, -0.05) is 68.8 Å². The van der Waals surface area contributed by atoms with E-state index in [4.69, 9.17) is 0 Å². The zero-order valence-electron chi connectivity index (χ0n) is 18.8. The first-order valence-electron chi connectivity index (χ1n) is 11.0. The third-order valence-corrected chi connectivity index (χ3v) is 5.61. The quantitative estimate of drug-likeness (QED) is 0.408. The van der Waals surface area contributed by atoms with Gasteiger partial charge in [-0.05, 0) is 28.3 Å². The zero-order chi connectivity index (χ0) is 23.8. The van der Waals surface area contributed by atoms with E-state index >= 15 is 0 Å². The number of nitrogens with zero attached hydrogens (tertiary/aromatic N) is 4. The molecule has 174 valence electrons. The Labute approximate surface area is 192 Å². The number of nitrogens with one attached hydrogen (secondary N) is 1. The monoisotopic (exact) mass is 451 g/mol. The molecule has 1 heterocycles. The molecular weight excluding hydrogens is 422 g/mol. The van der Waals surface area contributed by atoms with Gasteiger partial charge in [-0.25, -0.2) is 4.79 Å². The standard InChI is InChI=1S/C24H29N5O4/c1-3-4-9-21(31)29(22(24(32)33)16(2)15-30)14-17-10-12-18(13-11-17)19-7-5-6-8-20(19)23-25-27-28-26-23/h5-8,10-13,16,22,30H,3-4,9,14-15H2,1-2H3,(H,32,33)(H,25,26,27,28)/t16-,22+/m1/s1. The second-order valence-corrected chi connectivity index (χ2v) is 8.05. The first kappa shape index (κ1) is 24.1. The normalized spacial score (nSPS) is 12.8. The second-order valence-electron chi connectivity index (χ2n) is 8.05. The van der Waals surface area contributed by atoms with Crippen LogP contribution in [0.3, 0.4) is 0 Å². The van der Waals surface area contributed by atoms with Gasteiger partial charge >= 0.3 is 5.97 Å². The summed E-state index contributed by atoms with van der Waals surface area (Å²) in [4.78, 5) is 26.2. The average Bonchev–Trinajstić information content (AvgIpc) is 3.37. The third-order valence-electron chi connectivity index (χ3n) is 5.61. The summed E-state index contributed by atoms with van der Waals surface area (Å²) >= 11 is 0. The molecule has 3 N–H and O–H groups in total. The summed E-state index contributed by atoms with van der Waals surface area (Å²) in [6.07, 6.45) is 1.79. The van der Waals surface area contributed by atoms with E-state index in [1.165, 1.54) is 4.90 Å². The molecule has 0 unspecified atom stereocenters. The largest absolute Gasteiger partial charge is 0.480 e. The predicted octanol–water partition coefficient (Wildman–Crippen LogP) is 3.13.